The van der Waals surface area contributed by atoms with Gasteiger partial charge in [-0.05, 0) is 38.5 Å². The van der Waals surface area contributed by atoms with Gasteiger partial charge < -0.3 is 29.3 Å². The van der Waals surface area contributed by atoms with E-state index in [1.807, 2.05) is 0 Å². The first-order valence-corrected chi connectivity index (χ1v) is 35.0. The van der Waals surface area contributed by atoms with Gasteiger partial charge >= 0.3 is 49.7 Å². The fourth-order valence-corrected chi connectivity index (χ4v) is 10.9. The molecule has 0 aromatic rings. The first kappa shape index (κ1) is 82.4. The van der Waals surface area contributed by atoms with Crippen molar-refractivity contribution in [2.24, 2.45) is 0 Å². The van der Waals surface area contributed by atoms with Gasteiger partial charge in [0, 0.05) is 12.8 Å². The maximum absolute atomic E-state index is 12.1. The van der Waals surface area contributed by atoms with E-state index in [1.54, 1.807) is 0 Å². The van der Waals surface area contributed by atoms with Crippen molar-refractivity contribution in [3.63, 3.8) is 0 Å². The number of ether oxygens (including phenoxy) is 2. The summed E-state index contributed by atoms with van der Waals surface area (Å²) in [5, 5.41) is 22.8. The maximum atomic E-state index is 12.1. The molecule has 0 aliphatic carbocycles. The van der Waals surface area contributed by atoms with Gasteiger partial charge in [-0.15, -0.1) is 0 Å². The number of carbonyl (C=O) groups is 4. The zero-order chi connectivity index (χ0) is 57.3. The molecule has 0 aromatic heterocycles. The van der Waals surface area contributed by atoms with Crippen LogP contribution in [0.1, 0.15) is 413 Å². The second kappa shape index (κ2) is 71.4. The fraction of sp³-hybridized carbons (Fsp3) is 0.943. The summed E-state index contributed by atoms with van der Waals surface area (Å²) < 4.78 is 10.5. The molecule has 0 aromatic carbocycles. The summed E-state index contributed by atoms with van der Waals surface area (Å²) in [6.07, 6.45) is 70.2. The average molecular weight is 1140 g/mol. The Morgan fingerprint density at radius 3 is 0.532 bits per heavy atom. The van der Waals surface area contributed by atoms with Crippen LogP contribution in [0.5, 0.6) is 0 Å². The van der Waals surface area contributed by atoms with Gasteiger partial charge in [0.25, 0.3) is 0 Å². The zero-order valence-electron chi connectivity index (χ0n) is 53.6. The molecule has 0 spiro atoms. The summed E-state index contributed by atoms with van der Waals surface area (Å²) in [5.74, 6) is -3.26. The Hall–Kier alpha value is -0.860. The van der Waals surface area contributed by atoms with E-state index in [1.165, 1.54) is 283 Å². The first-order chi connectivity index (χ1) is 38.2. The van der Waals surface area contributed by atoms with E-state index in [0.29, 0.717) is 25.7 Å². The minimum atomic E-state index is -1.25. The SMILES string of the molecule is CCCCCCCCCCCCCCCCC(=O)OC(CCCCCCCCCCCCCCCC)C(=O)[O-].CCCCCCCCCCCCCCCCC(=O)OC(CCCCCCCCCCCCCCCC)C(=O)[O-].[Ca+2]. The third-order valence-electron chi connectivity index (χ3n) is 16.2. The van der Waals surface area contributed by atoms with Crippen LogP contribution in [0.2, 0.25) is 0 Å². The number of carboxylic acids is 2. The molecule has 8 nitrogen and oxygen atoms in total. The number of aliphatic carboxylic acids is 2. The molecular formula is C70H134CaO8. The van der Waals surface area contributed by atoms with Gasteiger partial charge in [0.05, 0.1) is 11.9 Å². The van der Waals surface area contributed by atoms with Crippen molar-refractivity contribution < 1.29 is 38.9 Å². The van der Waals surface area contributed by atoms with E-state index in [-0.39, 0.29) is 49.7 Å². The van der Waals surface area contributed by atoms with Crippen LogP contribution in [0.25, 0.3) is 0 Å². The summed E-state index contributed by atoms with van der Waals surface area (Å²) in [4.78, 5) is 47.0. The van der Waals surface area contributed by atoms with Gasteiger partial charge in [-0.25, -0.2) is 0 Å². The molecule has 0 bridgehead atoms. The monoisotopic (exact) mass is 1140 g/mol. The molecule has 0 N–H and O–H groups in total. The number of rotatable bonds is 64. The van der Waals surface area contributed by atoms with E-state index >= 15 is 0 Å². The van der Waals surface area contributed by atoms with Crippen molar-refractivity contribution in [1.29, 1.82) is 0 Å². The standard InChI is InChI=1S/2C35H68O4.Ca/c2*1-3-5-7-9-11-13-15-17-19-21-23-25-27-29-31-33(35(37)38)39-34(36)32-30-28-26-24-22-20-18-16-14-12-10-8-6-4-2;/h2*33H,3-32H2,1-2H3,(H,37,38);/q;;+2/p-2. The van der Waals surface area contributed by atoms with Crippen LogP contribution in [0, 0.1) is 0 Å². The van der Waals surface area contributed by atoms with Crippen LogP contribution in [-0.2, 0) is 28.7 Å². The minimum Gasteiger partial charge on any atom is -0.546 e. The van der Waals surface area contributed by atoms with Gasteiger partial charge in [-0.2, -0.15) is 0 Å². The molecule has 0 amide bonds. The summed E-state index contributed by atoms with van der Waals surface area (Å²) in [5.41, 5.74) is 0. The summed E-state index contributed by atoms with van der Waals surface area (Å²) in [7, 11) is 0. The van der Waals surface area contributed by atoms with E-state index in [9.17, 15) is 29.4 Å². The summed E-state index contributed by atoms with van der Waals surface area (Å²) >= 11 is 0. The van der Waals surface area contributed by atoms with Crippen molar-refractivity contribution in [3.8, 4) is 0 Å². The molecule has 0 aliphatic rings. The predicted octanol–water partition coefficient (Wildman–Crippen LogP) is 20.4. The van der Waals surface area contributed by atoms with Crippen LogP contribution in [-0.4, -0.2) is 73.8 Å². The van der Waals surface area contributed by atoms with Crippen molar-refractivity contribution in [3.05, 3.63) is 0 Å². The quantitative estimate of drug-likeness (QED) is 0.0334. The average Bonchev–Trinajstić information content (AvgIpc) is 3.42. The molecule has 2 unspecified atom stereocenters. The van der Waals surface area contributed by atoms with Crippen molar-refractivity contribution in [2.45, 2.75) is 425 Å². The summed E-state index contributed by atoms with van der Waals surface area (Å²) in [6.45, 7) is 9.05. The Kier molecular flexibility index (Phi) is 74.4. The molecule has 0 heterocycles. The largest absolute Gasteiger partial charge is 2.00 e. The number of esters is 2. The molecule has 2 atom stereocenters. The normalized spacial score (nSPS) is 11.9. The second-order valence-corrected chi connectivity index (χ2v) is 24.1. The molecule has 0 radical (unpaired) electrons. The van der Waals surface area contributed by atoms with Crippen molar-refractivity contribution >= 4 is 61.6 Å². The Morgan fingerprint density at radius 2 is 0.380 bits per heavy atom. The van der Waals surface area contributed by atoms with Crippen molar-refractivity contribution in [1.82, 2.24) is 0 Å². The van der Waals surface area contributed by atoms with E-state index in [4.69, 9.17) is 9.47 Å². The summed E-state index contributed by atoms with van der Waals surface area (Å²) in [6, 6.07) is 0. The third-order valence-corrected chi connectivity index (χ3v) is 16.2. The maximum Gasteiger partial charge on any atom is 2.00 e. The number of hydrogen-bond acceptors (Lipinski definition) is 8. The van der Waals surface area contributed by atoms with Gasteiger partial charge in [0.2, 0.25) is 0 Å². The molecular weight excluding hydrogens is 1010 g/mol. The van der Waals surface area contributed by atoms with E-state index in [2.05, 4.69) is 27.7 Å². The van der Waals surface area contributed by atoms with Crippen LogP contribution >= 0.6 is 0 Å². The molecule has 0 saturated heterocycles. The number of unbranched alkanes of at least 4 members (excludes halogenated alkanes) is 52. The Morgan fingerprint density at radius 1 is 0.241 bits per heavy atom. The topological polar surface area (TPSA) is 133 Å². The van der Waals surface area contributed by atoms with Crippen LogP contribution in [0.15, 0.2) is 0 Å². The number of hydrogen-bond donors (Lipinski definition) is 0. The molecule has 0 rings (SSSR count). The first-order valence-electron chi connectivity index (χ1n) is 35.0. The molecule has 79 heavy (non-hydrogen) atoms. The molecule has 464 valence electrons. The number of carboxylic acid groups (broad SMARTS) is 2. The van der Waals surface area contributed by atoms with Gasteiger partial charge in [0.1, 0.15) is 12.2 Å². The molecule has 9 heteroatoms. The minimum absolute atomic E-state index is 0. The van der Waals surface area contributed by atoms with Crippen LogP contribution < -0.4 is 10.2 Å². The molecule has 0 saturated carbocycles. The molecule has 0 aliphatic heterocycles. The number of carbonyl (C=O) groups excluding carboxylic acids is 4. The molecule has 0 fully saturated rings. The Bertz CT molecular complexity index is 1140. The van der Waals surface area contributed by atoms with Gasteiger partial charge in [-0.3, -0.25) is 9.59 Å². The van der Waals surface area contributed by atoms with E-state index in [0.717, 1.165) is 77.0 Å². The Balaban J connectivity index is -0.00000144. The second-order valence-electron chi connectivity index (χ2n) is 24.1. The van der Waals surface area contributed by atoms with Gasteiger partial charge in [0.15, 0.2) is 0 Å². The fourth-order valence-electron chi connectivity index (χ4n) is 10.9. The smallest absolute Gasteiger partial charge is 0.546 e. The predicted molar refractivity (Wildman–Crippen MR) is 335 cm³/mol. The van der Waals surface area contributed by atoms with Crippen molar-refractivity contribution in [2.75, 3.05) is 0 Å². The van der Waals surface area contributed by atoms with Gasteiger partial charge in [-0.1, -0.05) is 362 Å². The van der Waals surface area contributed by atoms with Crippen LogP contribution in [0.3, 0.4) is 0 Å². The third kappa shape index (κ3) is 69.5. The zero-order valence-corrected chi connectivity index (χ0v) is 55.8. The Labute approximate surface area is 522 Å². The van der Waals surface area contributed by atoms with Crippen LogP contribution in [0.4, 0.5) is 0 Å². The van der Waals surface area contributed by atoms with E-state index < -0.39 is 24.1 Å².